The Bertz CT molecular complexity index is 991. The number of nitriles is 1. The molecule has 8 heteroatoms. The van der Waals surface area contributed by atoms with Gasteiger partial charge in [0.25, 0.3) is 0 Å². The Morgan fingerprint density at radius 1 is 0.958 bits per heavy atom. The Kier molecular flexibility index (Phi) is 4.88. The van der Waals surface area contributed by atoms with Crippen molar-refractivity contribution in [2.24, 2.45) is 0 Å². The molecule has 1 heterocycles. The molecule has 122 valence electrons. The predicted octanol–water partition coefficient (Wildman–Crippen LogP) is 7.31. The molecule has 3 rings (SSSR count). The molecule has 1 aromatic heterocycles. The van der Waals surface area contributed by atoms with E-state index in [1.165, 1.54) is 6.07 Å². The number of hydrogen-bond donors (Lipinski definition) is 1. The van der Waals surface area contributed by atoms with Crippen LogP contribution >= 0.6 is 58.0 Å². The van der Waals surface area contributed by atoms with Crippen LogP contribution in [0.3, 0.4) is 0 Å². The van der Waals surface area contributed by atoms with Gasteiger partial charge in [-0.3, -0.25) is 0 Å². The van der Waals surface area contributed by atoms with Gasteiger partial charge in [0.2, 0.25) is 0 Å². The van der Waals surface area contributed by atoms with Gasteiger partial charge >= 0.3 is 0 Å². The van der Waals surface area contributed by atoms with E-state index in [-0.39, 0.29) is 37.1 Å². The van der Waals surface area contributed by atoms with Gasteiger partial charge in [0.1, 0.15) is 5.82 Å². The second kappa shape index (κ2) is 6.63. The maximum atomic E-state index is 14.6. The van der Waals surface area contributed by atoms with Gasteiger partial charge in [-0.25, -0.2) is 4.39 Å². The molecule has 1 N–H and O–H groups in total. The van der Waals surface area contributed by atoms with Gasteiger partial charge in [0, 0.05) is 22.7 Å². The van der Waals surface area contributed by atoms with Crippen molar-refractivity contribution in [1.29, 1.82) is 5.26 Å². The minimum Gasteiger partial charge on any atom is -0.361 e. The summed E-state index contributed by atoms with van der Waals surface area (Å²) in [6, 6.07) is 4.92. The number of nitrogens with zero attached hydrogens (tertiary/aromatic N) is 1. The van der Waals surface area contributed by atoms with Crippen LogP contribution in [-0.2, 0) is 6.42 Å². The lowest BCUT2D eigenvalue weighted by molar-refractivity contribution is 0.640. The van der Waals surface area contributed by atoms with Crippen LogP contribution < -0.4 is 0 Å². The van der Waals surface area contributed by atoms with Gasteiger partial charge in [0.15, 0.2) is 0 Å². The molecule has 0 radical (unpaired) electrons. The standard InChI is InChI=1S/C16H6Cl5FN2/c17-12-11(13(18)15(20)16(21)14(12)19)7-3-8(22)10-6(1-2-23)5-24-9(10)4-7/h3-5,24H,1H2. The van der Waals surface area contributed by atoms with Crippen LogP contribution in [0.1, 0.15) is 5.56 Å². The summed E-state index contributed by atoms with van der Waals surface area (Å²) >= 11 is 30.6. The molecular weight excluding hydrogens is 416 g/mol. The molecule has 0 unspecified atom stereocenters. The highest BCUT2D eigenvalue weighted by Crippen LogP contribution is 2.48. The van der Waals surface area contributed by atoms with Crippen molar-refractivity contribution >= 4 is 68.9 Å². The van der Waals surface area contributed by atoms with Crippen LogP contribution in [0.4, 0.5) is 4.39 Å². The second-order valence-electron chi connectivity index (χ2n) is 4.97. The summed E-state index contributed by atoms with van der Waals surface area (Å²) in [4.78, 5) is 2.93. The van der Waals surface area contributed by atoms with Gasteiger partial charge in [-0.15, -0.1) is 0 Å². The lowest BCUT2D eigenvalue weighted by Gasteiger charge is -2.13. The first kappa shape index (κ1) is 17.7. The third-order valence-corrected chi connectivity index (χ3v) is 5.86. The highest BCUT2D eigenvalue weighted by Gasteiger charge is 2.22. The van der Waals surface area contributed by atoms with E-state index in [0.717, 1.165) is 0 Å². The Hall–Kier alpha value is -1.15. The first-order valence-electron chi connectivity index (χ1n) is 6.55. The molecule has 0 aliphatic carbocycles. The van der Waals surface area contributed by atoms with Crippen LogP contribution in [0.15, 0.2) is 18.3 Å². The Labute approximate surface area is 161 Å². The second-order valence-corrected chi connectivity index (χ2v) is 6.86. The van der Waals surface area contributed by atoms with Crippen molar-refractivity contribution in [2.75, 3.05) is 0 Å². The predicted molar refractivity (Wildman–Crippen MR) is 98.1 cm³/mol. The molecule has 0 aliphatic rings. The number of halogens is 6. The highest BCUT2D eigenvalue weighted by molar-refractivity contribution is 6.56. The van der Waals surface area contributed by atoms with Gasteiger partial charge in [-0.1, -0.05) is 58.0 Å². The van der Waals surface area contributed by atoms with Crippen molar-refractivity contribution in [1.82, 2.24) is 4.98 Å². The molecule has 0 amide bonds. The summed E-state index contributed by atoms with van der Waals surface area (Å²) in [6.07, 6.45) is 1.68. The lowest BCUT2D eigenvalue weighted by atomic mass is 10.0. The quantitative estimate of drug-likeness (QED) is 0.341. The van der Waals surface area contributed by atoms with Crippen molar-refractivity contribution in [2.45, 2.75) is 6.42 Å². The van der Waals surface area contributed by atoms with Gasteiger partial charge in [0.05, 0.1) is 37.6 Å². The van der Waals surface area contributed by atoms with E-state index in [0.29, 0.717) is 22.0 Å². The summed E-state index contributed by atoms with van der Waals surface area (Å²) in [5.74, 6) is -0.511. The lowest BCUT2D eigenvalue weighted by Crippen LogP contribution is -1.90. The molecule has 2 nitrogen and oxygen atoms in total. The molecule has 2 aromatic carbocycles. The number of aromatic amines is 1. The van der Waals surface area contributed by atoms with E-state index in [1.54, 1.807) is 12.3 Å². The molecular formula is C16H6Cl5FN2. The number of aromatic nitrogens is 1. The number of H-pyrrole nitrogens is 1. The summed E-state index contributed by atoms with van der Waals surface area (Å²) in [7, 11) is 0. The Morgan fingerprint density at radius 2 is 1.54 bits per heavy atom. The minimum absolute atomic E-state index is 0.0369. The van der Waals surface area contributed by atoms with E-state index in [4.69, 9.17) is 63.3 Å². The summed E-state index contributed by atoms with van der Waals surface area (Å²) in [5, 5.41) is 9.45. The van der Waals surface area contributed by atoms with Crippen molar-refractivity contribution in [3.63, 3.8) is 0 Å². The van der Waals surface area contributed by atoms with Crippen LogP contribution in [0.25, 0.3) is 22.0 Å². The SMILES string of the molecule is N#CCc1c[nH]c2cc(-c3c(Cl)c(Cl)c(Cl)c(Cl)c3Cl)cc(F)c12. The van der Waals surface area contributed by atoms with Crippen molar-refractivity contribution in [3.8, 4) is 17.2 Å². The Morgan fingerprint density at radius 3 is 2.12 bits per heavy atom. The maximum absolute atomic E-state index is 14.6. The zero-order chi connectivity index (χ0) is 17.6. The smallest absolute Gasteiger partial charge is 0.133 e. The minimum atomic E-state index is -0.511. The number of fused-ring (bicyclic) bond motifs is 1. The molecule has 3 aromatic rings. The van der Waals surface area contributed by atoms with Crippen LogP contribution in [0.5, 0.6) is 0 Å². The summed E-state index contributed by atoms with van der Waals surface area (Å²) in [5.41, 5.74) is 1.75. The fourth-order valence-corrected chi connectivity index (χ4v) is 3.87. The molecule has 24 heavy (non-hydrogen) atoms. The zero-order valence-electron chi connectivity index (χ0n) is 11.7. The molecule has 0 bridgehead atoms. The van der Waals surface area contributed by atoms with Crippen LogP contribution in [0.2, 0.25) is 25.1 Å². The first-order chi connectivity index (χ1) is 11.4. The third kappa shape index (κ3) is 2.73. The summed E-state index contributed by atoms with van der Waals surface area (Å²) in [6.45, 7) is 0. The molecule has 0 saturated carbocycles. The number of hydrogen-bond acceptors (Lipinski definition) is 1. The van der Waals surface area contributed by atoms with E-state index in [9.17, 15) is 4.39 Å². The first-order valence-corrected chi connectivity index (χ1v) is 8.44. The van der Waals surface area contributed by atoms with E-state index < -0.39 is 5.82 Å². The van der Waals surface area contributed by atoms with E-state index in [1.807, 2.05) is 6.07 Å². The monoisotopic (exact) mass is 420 g/mol. The van der Waals surface area contributed by atoms with Gasteiger partial charge < -0.3 is 4.98 Å². The highest BCUT2D eigenvalue weighted by atomic mass is 35.5. The fraction of sp³-hybridized carbons (Fsp3) is 0.0625. The fourth-order valence-electron chi connectivity index (χ4n) is 2.51. The normalized spacial score (nSPS) is 11.0. The number of nitrogens with one attached hydrogen (secondary N) is 1. The van der Waals surface area contributed by atoms with Crippen LogP contribution in [0, 0.1) is 17.1 Å². The molecule has 0 fully saturated rings. The zero-order valence-corrected chi connectivity index (χ0v) is 15.4. The average Bonchev–Trinajstić information content (AvgIpc) is 2.95. The largest absolute Gasteiger partial charge is 0.361 e. The van der Waals surface area contributed by atoms with Gasteiger partial charge in [-0.2, -0.15) is 5.26 Å². The number of benzene rings is 2. The summed E-state index contributed by atoms with van der Waals surface area (Å²) < 4.78 is 14.6. The third-order valence-electron chi connectivity index (χ3n) is 3.58. The maximum Gasteiger partial charge on any atom is 0.133 e. The Balaban J connectivity index is 2.31. The number of rotatable bonds is 2. The molecule has 0 atom stereocenters. The molecule has 0 spiro atoms. The van der Waals surface area contributed by atoms with Crippen molar-refractivity contribution in [3.05, 3.63) is 54.8 Å². The molecule has 0 saturated heterocycles. The van der Waals surface area contributed by atoms with E-state index >= 15 is 0 Å². The average molecular weight is 423 g/mol. The van der Waals surface area contributed by atoms with E-state index in [2.05, 4.69) is 4.98 Å². The molecule has 0 aliphatic heterocycles. The van der Waals surface area contributed by atoms with Crippen molar-refractivity contribution < 1.29 is 4.39 Å². The van der Waals surface area contributed by atoms with Gasteiger partial charge in [-0.05, 0) is 23.3 Å². The topological polar surface area (TPSA) is 39.6 Å². The van der Waals surface area contributed by atoms with Crippen LogP contribution in [-0.4, -0.2) is 4.98 Å².